The van der Waals surface area contributed by atoms with Gasteiger partial charge in [-0.3, -0.25) is 9.59 Å². The van der Waals surface area contributed by atoms with Gasteiger partial charge in [0.15, 0.2) is 0 Å². The molecule has 2 saturated heterocycles. The molecular weight excluding hydrogens is 503 g/mol. The molecule has 5 rings (SSSR count). The molecule has 2 fully saturated rings. The van der Waals surface area contributed by atoms with E-state index in [1.165, 1.54) is 12.1 Å². The van der Waals surface area contributed by atoms with E-state index in [2.05, 4.69) is 5.32 Å². The zero-order valence-electron chi connectivity index (χ0n) is 21.7. The van der Waals surface area contributed by atoms with Gasteiger partial charge in [0, 0.05) is 32.2 Å². The van der Waals surface area contributed by atoms with Crippen LogP contribution in [-0.4, -0.2) is 53.8 Å². The molecule has 2 heterocycles. The molecule has 8 heteroatoms. The van der Waals surface area contributed by atoms with Crippen LogP contribution in [0.4, 0.5) is 13.2 Å². The summed E-state index contributed by atoms with van der Waals surface area (Å²) in [7, 11) is 0. The second kappa shape index (κ2) is 11.2. The highest BCUT2D eigenvalue weighted by molar-refractivity contribution is 5.96. The number of nitrogens with one attached hydrogen (secondary N) is 1. The van der Waals surface area contributed by atoms with Gasteiger partial charge in [0.05, 0.1) is 12.1 Å². The third-order valence-corrected chi connectivity index (χ3v) is 7.97. The highest BCUT2D eigenvalue weighted by Crippen LogP contribution is 2.42. The lowest BCUT2D eigenvalue weighted by molar-refractivity contribution is -0.140. The Labute approximate surface area is 226 Å². The molecule has 204 valence electrons. The quantitative estimate of drug-likeness (QED) is 0.463. The van der Waals surface area contributed by atoms with Crippen molar-refractivity contribution in [3.05, 3.63) is 107 Å². The van der Waals surface area contributed by atoms with Gasteiger partial charge in [0.25, 0.3) is 0 Å². The van der Waals surface area contributed by atoms with E-state index in [0.29, 0.717) is 51.0 Å². The smallest absolute Gasteiger partial charge is 0.341 e. The van der Waals surface area contributed by atoms with Crippen molar-refractivity contribution in [2.75, 3.05) is 26.2 Å². The molecule has 39 heavy (non-hydrogen) atoms. The number of hydrogen-bond acceptors (Lipinski definition) is 3. The average Bonchev–Trinajstić information content (AvgIpc) is 3.29. The normalized spacial score (nSPS) is 18.0. The maximum absolute atomic E-state index is 13.9. The minimum Gasteiger partial charge on any atom is -0.341 e. The lowest BCUT2D eigenvalue weighted by Crippen LogP contribution is -2.49. The summed E-state index contributed by atoms with van der Waals surface area (Å²) >= 11 is 0. The molecule has 0 bridgehead atoms. The van der Waals surface area contributed by atoms with Crippen LogP contribution in [0.15, 0.2) is 84.9 Å². The first kappa shape index (κ1) is 26.9. The monoisotopic (exact) mass is 535 g/mol. The molecule has 0 radical (unpaired) electrons. The number of benzene rings is 3. The van der Waals surface area contributed by atoms with Crippen molar-refractivity contribution < 1.29 is 22.8 Å². The molecule has 5 nitrogen and oxygen atoms in total. The Kier molecular flexibility index (Phi) is 7.75. The second-order valence-corrected chi connectivity index (χ2v) is 10.3. The van der Waals surface area contributed by atoms with Gasteiger partial charge < -0.3 is 15.1 Å². The largest absolute Gasteiger partial charge is 0.416 e. The summed E-state index contributed by atoms with van der Waals surface area (Å²) in [6.45, 7) is 1.98. The molecule has 1 N–H and O–H groups in total. The zero-order chi connectivity index (χ0) is 27.5. The van der Waals surface area contributed by atoms with Crippen LogP contribution in [-0.2, 0) is 27.7 Å². The number of carbonyl (C=O) groups excluding carboxylic acids is 2. The number of halogens is 3. The molecule has 0 spiro atoms. The lowest BCUT2D eigenvalue weighted by atomic mass is 9.73. The summed E-state index contributed by atoms with van der Waals surface area (Å²) in [5, 5.41) is 3.33. The minimum atomic E-state index is -4.36. The highest BCUT2D eigenvalue weighted by Gasteiger charge is 2.49. The van der Waals surface area contributed by atoms with Gasteiger partial charge in [-0.2, -0.15) is 13.2 Å². The summed E-state index contributed by atoms with van der Waals surface area (Å²) < 4.78 is 39.0. The van der Waals surface area contributed by atoms with Gasteiger partial charge in [-0.15, -0.1) is 0 Å². The van der Waals surface area contributed by atoms with Crippen molar-refractivity contribution >= 4 is 11.8 Å². The van der Waals surface area contributed by atoms with Crippen molar-refractivity contribution in [3.8, 4) is 0 Å². The van der Waals surface area contributed by atoms with Crippen LogP contribution in [0.2, 0.25) is 0 Å². The predicted molar refractivity (Wildman–Crippen MR) is 143 cm³/mol. The number of amides is 2. The number of nitrogens with zero attached hydrogens (tertiary/aromatic N) is 2. The van der Waals surface area contributed by atoms with E-state index >= 15 is 0 Å². The lowest BCUT2D eigenvalue weighted by Gasteiger charge is -2.34. The molecule has 0 atom stereocenters. The van der Waals surface area contributed by atoms with Gasteiger partial charge in [-0.05, 0) is 42.0 Å². The van der Waals surface area contributed by atoms with E-state index in [1.807, 2.05) is 60.7 Å². The van der Waals surface area contributed by atoms with Crippen LogP contribution < -0.4 is 5.32 Å². The first-order chi connectivity index (χ1) is 18.8. The van der Waals surface area contributed by atoms with E-state index < -0.39 is 17.2 Å². The number of carbonyl (C=O) groups is 2. The maximum atomic E-state index is 13.9. The van der Waals surface area contributed by atoms with Gasteiger partial charge in [-0.1, -0.05) is 78.9 Å². The third-order valence-electron chi connectivity index (χ3n) is 7.97. The fourth-order valence-electron chi connectivity index (χ4n) is 5.80. The number of piperidine rings is 1. The van der Waals surface area contributed by atoms with Crippen LogP contribution in [0.1, 0.15) is 41.5 Å². The molecule has 2 aliphatic heterocycles. The third kappa shape index (κ3) is 5.71. The summed E-state index contributed by atoms with van der Waals surface area (Å²) in [6.07, 6.45) is -2.35. The Morgan fingerprint density at radius 2 is 1.49 bits per heavy atom. The molecule has 0 unspecified atom stereocenters. The van der Waals surface area contributed by atoms with E-state index in [4.69, 9.17) is 0 Å². The SMILES string of the molecule is O=C(CN1CCC(c2ccccc2)(c2ccccc2)C1=O)N1CCC(NCc2cccc(C(F)(F)F)c2)CC1. The molecule has 0 saturated carbocycles. The fourth-order valence-corrected chi connectivity index (χ4v) is 5.80. The fraction of sp³-hybridized carbons (Fsp3) is 0.355. The van der Waals surface area contributed by atoms with Crippen molar-refractivity contribution in [2.45, 2.75) is 43.4 Å². The number of alkyl halides is 3. The van der Waals surface area contributed by atoms with E-state index in [-0.39, 0.29) is 24.4 Å². The first-order valence-corrected chi connectivity index (χ1v) is 13.3. The summed E-state index contributed by atoms with van der Waals surface area (Å²) in [5.74, 6) is -0.123. The Balaban J connectivity index is 1.17. The molecular formula is C31H32F3N3O2. The number of likely N-dealkylation sites (tertiary alicyclic amines) is 2. The number of hydrogen-bond donors (Lipinski definition) is 1. The second-order valence-electron chi connectivity index (χ2n) is 10.3. The van der Waals surface area contributed by atoms with Crippen molar-refractivity contribution in [1.29, 1.82) is 0 Å². The molecule has 3 aromatic rings. The summed E-state index contributed by atoms with van der Waals surface area (Å²) in [6, 6.07) is 25.0. The first-order valence-electron chi connectivity index (χ1n) is 13.3. The zero-order valence-corrected chi connectivity index (χ0v) is 21.7. The van der Waals surface area contributed by atoms with E-state index in [9.17, 15) is 22.8 Å². The topological polar surface area (TPSA) is 52.7 Å². The van der Waals surface area contributed by atoms with Gasteiger partial charge in [0.1, 0.15) is 5.41 Å². The van der Waals surface area contributed by atoms with Crippen molar-refractivity contribution in [2.24, 2.45) is 0 Å². The maximum Gasteiger partial charge on any atom is 0.416 e. The van der Waals surface area contributed by atoms with E-state index in [1.54, 1.807) is 15.9 Å². The van der Waals surface area contributed by atoms with Crippen LogP contribution in [0.25, 0.3) is 0 Å². The van der Waals surface area contributed by atoms with Gasteiger partial charge in [0.2, 0.25) is 11.8 Å². The molecule has 2 aliphatic rings. The number of rotatable bonds is 7. The summed E-state index contributed by atoms with van der Waals surface area (Å²) in [4.78, 5) is 30.6. The Morgan fingerprint density at radius 3 is 2.08 bits per heavy atom. The average molecular weight is 536 g/mol. The molecule has 0 aliphatic carbocycles. The van der Waals surface area contributed by atoms with Crippen LogP contribution in [0, 0.1) is 0 Å². The van der Waals surface area contributed by atoms with Crippen LogP contribution >= 0.6 is 0 Å². The molecule has 0 aromatic heterocycles. The Bertz CT molecular complexity index is 1250. The van der Waals surface area contributed by atoms with Gasteiger partial charge >= 0.3 is 6.18 Å². The van der Waals surface area contributed by atoms with E-state index in [0.717, 1.165) is 17.2 Å². The highest BCUT2D eigenvalue weighted by atomic mass is 19.4. The van der Waals surface area contributed by atoms with Crippen LogP contribution in [0.3, 0.4) is 0 Å². The summed E-state index contributed by atoms with van der Waals surface area (Å²) in [5.41, 5.74) is 0.995. The predicted octanol–water partition coefficient (Wildman–Crippen LogP) is 5.00. The van der Waals surface area contributed by atoms with Crippen molar-refractivity contribution in [1.82, 2.24) is 15.1 Å². The standard InChI is InChI=1S/C31H32F3N3O2/c32-31(33,34)26-13-7-8-23(20-26)21-35-27-14-17-36(18-15-27)28(38)22-37-19-16-30(29(37)39,24-9-3-1-4-10-24)25-11-5-2-6-12-25/h1-13,20,27,35H,14-19,21-22H2. The van der Waals surface area contributed by atoms with Gasteiger partial charge in [-0.25, -0.2) is 0 Å². The molecule has 3 aromatic carbocycles. The Morgan fingerprint density at radius 1 is 0.872 bits per heavy atom. The van der Waals surface area contributed by atoms with Crippen molar-refractivity contribution in [3.63, 3.8) is 0 Å². The minimum absolute atomic E-state index is 0.0442. The Hall–Kier alpha value is -3.65. The van der Waals surface area contributed by atoms with Crippen LogP contribution in [0.5, 0.6) is 0 Å². The molecule has 2 amide bonds.